The lowest BCUT2D eigenvalue weighted by molar-refractivity contribution is 0.302. The van der Waals surface area contributed by atoms with Crippen molar-refractivity contribution < 1.29 is 4.74 Å². The molecule has 3 rings (SSSR count). The van der Waals surface area contributed by atoms with Crippen molar-refractivity contribution in [3.63, 3.8) is 0 Å². The van der Waals surface area contributed by atoms with Crippen molar-refractivity contribution in [3.05, 3.63) is 12.4 Å². The van der Waals surface area contributed by atoms with Crippen molar-refractivity contribution in [2.45, 2.75) is 57.5 Å². The predicted molar refractivity (Wildman–Crippen MR) is 83.8 cm³/mol. The van der Waals surface area contributed by atoms with Crippen molar-refractivity contribution in [2.75, 3.05) is 24.6 Å². The maximum atomic E-state index is 5.63. The molecule has 1 aromatic rings. The average molecular weight is 290 g/mol. The first-order valence-corrected chi connectivity index (χ1v) is 8.33. The number of hydrogen-bond acceptors (Lipinski definition) is 5. The molecule has 2 fully saturated rings. The van der Waals surface area contributed by atoms with Crippen LogP contribution in [0.5, 0.6) is 5.88 Å². The molecule has 116 valence electrons. The van der Waals surface area contributed by atoms with Crippen LogP contribution >= 0.6 is 0 Å². The molecule has 2 unspecified atom stereocenters. The maximum Gasteiger partial charge on any atom is 0.234 e. The summed E-state index contributed by atoms with van der Waals surface area (Å²) >= 11 is 0. The lowest BCUT2D eigenvalue weighted by Gasteiger charge is -2.40. The van der Waals surface area contributed by atoms with Crippen molar-refractivity contribution in [3.8, 4) is 5.88 Å². The Bertz CT molecular complexity index is 448. The molecule has 2 saturated heterocycles. The van der Waals surface area contributed by atoms with E-state index in [1.807, 2.05) is 6.20 Å². The summed E-state index contributed by atoms with van der Waals surface area (Å²) in [5, 5.41) is 3.65. The van der Waals surface area contributed by atoms with E-state index >= 15 is 0 Å². The first-order valence-electron chi connectivity index (χ1n) is 8.33. The minimum atomic E-state index is 0.553. The lowest BCUT2D eigenvalue weighted by Crippen LogP contribution is -2.50. The average Bonchev–Trinajstić information content (AvgIpc) is 3.07. The molecule has 5 nitrogen and oxygen atoms in total. The summed E-state index contributed by atoms with van der Waals surface area (Å²) in [6.45, 7) is 5.03. The molecule has 2 aliphatic heterocycles. The van der Waals surface area contributed by atoms with Gasteiger partial charge in [-0.05, 0) is 45.1 Å². The fourth-order valence-corrected chi connectivity index (χ4v) is 3.45. The van der Waals surface area contributed by atoms with Gasteiger partial charge < -0.3 is 15.0 Å². The topological polar surface area (TPSA) is 50.3 Å². The number of nitrogens with zero attached hydrogens (tertiary/aromatic N) is 3. The third kappa shape index (κ3) is 3.46. The Morgan fingerprint density at radius 2 is 2.24 bits per heavy atom. The van der Waals surface area contributed by atoms with Gasteiger partial charge >= 0.3 is 0 Å². The Labute approximate surface area is 127 Å². The molecule has 21 heavy (non-hydrogen) atoms. The molecule has 0 radical (unpaired) electrons. The van der Waals surface area contributed by atoms with Crippen LogP contribution < -0.4 is 15.0 Å². The molecule has 0 saturated carbocycles. The Kier molecular flexibility index (Phi) is 4.91. The van der Waals surface area contributed by atoms with E-state index in [1.165, 1.54) is 32.1 Å². The van der Waals surface area contributed by atoms with Gasteiger partial charge in [0.25, 0.3) is 0 Å². The van der Waals surface area contributed by atoms with E-state index in [-0.39, 0.29) is 0 Å². The van der Waals surface area contributed by atoms with Crippen LogP contribution in [-0.4, -0.2) is 41.7 Å². The molecule has 0 amide bonds. The molecule has 0 bridgehead atoms. The van der Waals surface area contributed by atoms with Crippen molar-refractivity contribution in [1.82, 2.24) is 15.3 Å². The highest BCUT2D eigenvalue weighted by Gasteiger charge is 2.32. The van der Waals surface area contributed by atoms with Gasteiger partial charge in [-0.2, -0.15) is 4.98 Å². The number of anilines is 1. The van der Waals surface area contributed by atoms with Gasteiger partial charge in [-0.15, -0.1) is 0 Å². The summed E-state index contributed by atoms with van der Waals surface area (Å²) in [4.78, 5) is 11.4. The molecule has 0 aliphatic carbocycles. The quantitative estimate of drug-likeness (QED) is 0.902. The van der Waals surface area contributed by atoms with E-state index in [1.54, 1.807) is 6.20 Å². The van der Waals surface area contributed by atoms with E-state index < -0.39 is 0 Å². The summed E-state index contributed by atoms with van der Waals surface area (Å²) in [5.74, 6) is 1.63. The second-order valence-corrected chi connectivity index (χ2v) is 6.02. The Balaban J connectivity index is 1.75. The van der Waals surface area contributed by atoms with E-state index in [4.69, 9.17) is 4.74 Å². The van der Waals surface area contributed by atoms with E-state index in [9.17, 15) is 0 Å². The zero-order valence-electron chi connectivity index (χ0n) is 12.9. The highest BCUT2D eigenvalue weighted by atomic mass is 16.5. The SMILES string of the molecule is CCCOc1cncc(N2CCCCC2C2CCCN2)n1. The standard InChI is InChI=1S/C16H26N4O/c1-2-10-21-16-12-17-11-15(19-16)20-9-4-3-7-14(20)13-6-5-8-18-13/h11-14,18H,2-10H2,1H3. The van der Waals surface area contributed by atoms with Crippen LogP contribution in [0.3, 0.4) is 0 Å². The molecule has 2 atom stereocenters. The summed E-state index contributed by atoms with van der Waals surface area (Å²) < 4.78 is 5.63. The van der Waals surface area contributed by atoms with Crippen LogP contribution in [0.25, 0.3) is 0 Å². The summed E-state index contributed by atoms with van der Waals surface area (Å²) in [6.07, 6.45) is 11.0. The Morgan fingerprint density at radius 1 is 1.29 bits per heavy atom. The van der Waals surface area contributed by atoms with Gasteiger partial charge in [-0.25, -0.2) is 0 Å². The highest BCUT2D eigenvalue weighted by Crippen LogP contribution is 2.28. The van der Waals surface area contributed by atoms with Gasteiger partial charge in [0.15, 0.2) is 5.82 Å². The van der Waals surface area contributed by atoms with Gasteiger partial charge in [-0.1, -0.05) is 6.92 Å². The number of hydrogen-bond donors (Lipinski definition) is 1. The molecule has 0 spiro atoms. The van der Waals surface area contributed by atoms with Gasteiger partial charge in [0.2, 0.25) is 5.88 Å². The summed E-state index contributed by atoms with van der Waals surface area (Å²) in [5.41, 5.74) is 0. The molecule has 5 heteroatoms. The molecule has 1 aromatic heterocycles. The van der Waals surface area contributed by atoms with Crippen LogP contribution in [-0.2, 0) is 0 Å². The second-order valence-electron chi connectivity index (χ2n) is 6.02. The van der Waals surface area contributed by atoms with Gasteiger partial charge in [0, 0.05) is 18.6 Å². The Morgan fingerprint density at radius 3 is 3.05 bits per heavy atom. The lowest BCUT2D eigenvalue weighted by atomic mass is 9.94. The van der Waals surface area contributed by atoms with Crippen molar-refractivity contribution in [1.29, 1.82) is 0 Å². The fraction of sp³-hybridized carbons (Fsp3) is 0.750. The number of aromatic nitrogens is 2. The molecule has 2 aliphatic rings. The number of piperidine rings is 1. The molecular formula is C16H26N4O. The number of ether oxygens (including phenoxy) is 1. The third-order valence-electron chi connectivity index (χ3n) is 4.46. The minimum Gasteiger partial charge on any atom is -0.477 e. The van der Waals surface area contributed by atoms with Gasteiger partial charge in [-0.3, -0.25) is 4.98 Å². The van der Waals surface area contributed by atoms with E-state index in [2.05, 4.69) is 27.1 Å². The molecular weight excluding hydrogens is 264 g/mol. The smallest absolute Gasteiger partial charge is 0.234 e. The molecule has 3 heterocycles. The van der Waals surface area contributed by atoms with Gasteiger partial charge in [0.1, 0.15) is 0 Å². The molecule has 0 aromatic carbocycles. The third-order valence-corrected chi connectivity index (χ3v) is 4.46. The summed E-state index contributed by atoms with van der Waals surface area (Å²) in [6, 6.07) is 1.16. The summed E-state index contributed by atoms with van der Waals surface area (Å²) in [7, 11) is 0. The molecule has 1 N–H and O–H groups in total. The van der Waals surface area contributed by atoms with Crippen LogP contribution in [0.4, 0.5) is 5.82 Å². The van der Waals surface area contributed by atoms with Crippen LogP contribution in [0.1, 0.15) is 45.4 Å². The maximum absolute atomic E-state index is 5.63. The van der Waals surface area contributed by atoms with Gasteiger partial charge in [0.05, 0.1) is 19.0 Å². The largest absolute Gasteiger partial charge is 0.477 e. The zero-order valence-corrected chi connectivity index (χ0v) is 12.9. The Hall–Kier alpha value is -1.36. The first kappa shape index (κ1) is 14.6. The predicted octanol–water partition coefficient (Wildman–Crippen LogP) is 2.38. The van der Waals surface area contributed by atoms with Crippen molar-refractivity contribution >= 4 is 5.82 Å². The highest BCUT2D eigenvalue weighted by molar-refractivity contribution is 5.40. The van der Waals surface area contributed by atoms with E-state index in [0.717, 1.165) is 25.3 Å². The van der Waals surface area contributed by atoms with Crippen LogP contribution in [0.2, 0.25) is 0 Å². The van der Waals surface area contributed by atoms with Crippen molar-refractivity contribution in [2.24, 2.45) is 0 Å². The van der Waals surface area contributed by atoms with E-state index in [0.29, 0.717) is 24.6 Å². The van der Waals surface area contributed by atoms with Crippen LogP contribution in [0, 0.1) is 0 Å². The normalized spacial score (nSPS) is 26.0. The fourth-order valence-electron chi connectivity index (χ4n) is 3.45. The van der Waals surface area contributed by atoms with Crippen LogP contribution in [0.15, 0.2) is 12.4 Å². The number of nitrogens with one attached hydrogen (secondary N) is 1. The minimum absolute atomic E-state index is 0.553. The monoisotopic (exact) mass is 290 g/mol. The first-order chi connectivity index (χ1) is 10.4. The second kappa shape index (κ2) is 7.07. The zero-order chi connectivity index (χ0) is 14.5. The number of rotatable bonds is 5.